The van der Waals surface area contributed by atoms with Crippen molar-refractivity contribution < 1.29 is 5.11 Å². The lowest BCUT2D eigenvalue weighted by Gasteiger charge is -2.24. The molecule has 0 saturated heterocycles. The molecule has 0 saturated carbocycles. The molecule has 6 heteroatoms. The zero-order valence-electron chi connectivity index (χ0n) is 14.8. The van der Waals surface area contributed by atoms with Crippen molar-refractivity contribution in [2.75, 3.05) is 0 Å². The van der Waals surface area contributed by atoms with Crippen LogP contribution in [0.15, 0.2) is 60.8 Å². The summed E-state index contributed by atoms with van der Waals surface area (Å²) in [7, 11) is 0. The molecule has 3 heterocycles. The molecule has 136 valence electrons. The van der Waals surface area contributed by atoms with Crippen LogP contribution in [0.3, 0.4) is 0 Å². The van der Waals surface area contributed by atoms with E-state index in [-0.39, 0.29) is 6.04 Å². The molecule has 2 atom stereocenters. The molecule has 1 aliphatic heterocycles. The monoisotopic (exact) mass is 359 g/mol. The minimum absolute atomic E-state index is 0.278. The molecule has 0 amide bonds. The molecule has 1 aliphatic rings. The predicted molar refractivity (Wildman–Crippen MR) is 103 cm³/mol. The van der Waals surface area contributed by atoms with Crippen molar-refractivity contribution in [3.63, 3.8) is 0 Å². The zero-order valence-corrected chi connectivity index (χ0v) is 14.8. The van der Waals surface area contributed by atoms with E-state index in [2.05, 4.69) is 44.9 Å². The van der Waals surface area contributed by atoms with Gasteiger partial charge in [0.25, 0.3) is 0 Å². The lowest BCUT2D eigenvalue weighted by atomic mass is 9.98. The van der Waals surface area contributed by atoms with E-state index in [0.29, 0.717) is 12.2 Å². The fourth-order valence-electron chi connectivity index (χ4n) is 3.89. The van der Waals surface area contributed by atoms with Crippen LogP contribution in [0.5, 0.6) is 0 Å². The SMILES string of the molecule is OC(c1ccccc1)c1cn(C[C@@H]2Cc3c([nH]c4ccccc34)CN2)nn1. The van der Waals surface area contributed by atoms with Gasteiger partial charge in [-0.3, -0.25) is 4.68 Å². The molecule has 0 spiro atoms. The Bertz CT molecular complexity index is 1070. The number of para-hydroxylation sites is 1. The van der Waals surface area contributed by atoms with Gasteiger partial charge in [-0.25, -0.2) is 0 Å². The van der Waals surface area contributed by atoms with Crippen molar-refractivity contribution >= 4 is 10.9 Å². The largest absolute Gasteiger partial charge is 0.382 e. The number of aliphatic hydroxyl groups excluding tert-OH is 1. The highest BCUT2D eigenvalue weighted by atomic mass is 16.3. The van der Waals surface area contributed by atoms with E-state index in [4.69, 9.17) is 0 Å². The molecule has 0 radical (unpaired) electrons. The number of hydrogen-bond acceptors (Lipinski definition) is 4. The Morgan fingerprint density at radius 1 is 1.11 bits per heavy atom. The van der Waals surface area contributed by atoms with Crippen molar-refractivity contribution in [2.24, 2.45) is 0 Å². The molecule has 2 aromatic carbocycles. The van der Waals surface area contributed by atoms with Crippen LogP contribution in [0.4, 0.5) is 0 Å². The number of aliphatic hydroxyl groups is 1. The van der Waals surface area contributed by atoms with Gasteiger partial charge in [0.05, 0.1) is 12.7 Å². The van der Waals surface area contributed by atoms with Gasteiger partial charge in [0.15, 0.2) is 0 Å². The Morgan fingerprint density at radius 3 is 2.81 bits per heavy atom. The summed E-state index contributed by atoms with van der Waals surface area (Å²) in [6, 6.07) is 18.3. The van der Waals surface area contributed by atoms with Gasteiger partial charge in [0.2, 0.25) is 0 Å². The van der Waals surface area contributed by atoms with Crippen molar-refractivity contribution in [3.8, 4) is 0 Å². The van der Waals surface area contributed by atoms with Gasteiger partial charge >= 0.3 is 0 Å². The van der Waals surface area contributed by atoms with E-state index in [1.54, 1.807) is 0 Å². The van der Waals surface area contributed by atoms with Crippen LogP contribution < -0.4 is 5.32 Å². The smallest absolute Gasteiger partial charge is 0.124 e. The highest BCUT2D eigenvalue weighted by molar-refractivity contribution is 5.84. The molecular formula is C21H21N5O. The van der Waals surface area contributed by atoms with Gasteiger partial charge in [-0.1, -0.05) is 53.7 Å². The van der Waals surface area contributed by atoms with Gasteiger partial charge < -0.3 is 15.4 Å². The molecule has 4 aromatic rings. The molecule has 0 bridgehead atoms. The molecular weight excluding hydrogens is 338 g/mol. The normalized spacial score (nSPS) is 17.7. The summed E-state index contributed by atoms with van der Waals surface area (Å²) >= 11 is 0. The van der Waals surface area contributed by atoms with Crippen molar-refractivity contribution in [2.45, 2.75) is 31.7 Å². The van der Waals surface area contributed by atoms with Crippen LogP contribution in [-0.2, 0) is 19.5 Å². The summed E-state index contributed by atoms with van der Waals surface area (Å²) in [6.45, 7) is 1.54. The first-order chi connectivity index (χ1) is 13.3. The first kappa shape index (κ1) is 16.2. The topological polar surface area (TPSA) is 78.8 Å². The number of rotatable bonds is 4. The number of H-pyrrole nitrogens is 1. The zero-order chi connectivity index (χ0) is 18.2. The quantitative estimate of drug-likeness (QED) is 0.523. The number of aromatic nitrogens is 4. The second-order valence-electron chi connectivity index (χ2n) is 7.09. The van der Waals surface area contributed by atoms with Crippen LogP contribution in [0, 0.1) is 0 Å². The summed E-state index contributed by atoms with van der Waals surface area (Å²) in [5, 5.41) is 23.8. The van der Waals surface area contributed by atoms with Crippen molar-refractivity contribution in [1.82, 2.24) is 25.3 Å². The molecule has 3 N–H and O–H groups in total. The third-order valence-electron chi connectivity index (χ3n) is 5.28. The Labute approximate surface area is 156 Å². The first-order valence-electron chi connectivity index (χ1n) is 9.23. The third kappa shape index (κ3) is 3.03. The number of hydrogen-bond donors (Lipinski definition) is 3. The van der Waals surface area contributed by atoms with Gasteiger partial charge in [-0.2, -0.15) is 0 Å². The minimum Gasteiger partial charge on any atom is -0.382 e. The van der Waals surface area contributed by atoms with E-state index in [9.17, 15) is 5.11 Å². The summed E-state index contributed by atoms with van der Waals surface area (Å²) in [4.78, 5) is 3.51. The number of benzene rings is 2. The molecule has 5 rings (SSSR count). The summed E-state index contributed by atoms with van der Waals surface area (Å²) in [6.07, 6.45) is 2.03. The van der Waals surface area contributed by atoms with Crippen LogP contribution in [0.25, 0.3) is 10.9 Å². The van der Waals surface area contributed by atoms with E-state index in [1.807, 2.05) is 41.2 Å². The summed E-state index contributed by atoms with van der Waals surface area (Å²) < 4.78 is 1.82. The average molecular weight is 359 g/mol. The van der Waals surface area contributed by atoms with E-state index in [0.717, 1.165) is 18.5 Å². The van der Waals surface area contributed by atoms with Crippen LogP contribution in [0.2, 0.25) is 0 Å². The highest BCUT2D eigenvalue weighted by Crippen LogP contribution is 2.27. The number of nitrogens with one attached hydrogen (secondary N) is 2. The van der Waals surface area contributed by atoms with E-state index >= 15 is 0 Å². The lowest BCUT2D eigenvalue weighted by Crippen LogP contribution is -2.38. The maximum atomic E-state index is 10.5. The Hall–Kier alpha value is -2.96. The Balaban J connectivity index is 1.33. The van der Waals surface area contributed by atoms with Crippen LogP contribution in [-0.4, -0.2) is 31.1 Å². The fourth-order valence-corrected chi connectivity index (χ4v) is 3.89. The average Bonchev–Trinajstić information content (AvgIpc) is 3.32. The molecule has 2 aromatic heterocycles. The summed E-state index contributed by atoms with van der Waals surface area (Å²) in [5.74, 6) is 0. The van der Waals surface area contributed by atoms with Crippen molar-refractivity contribution in [3.05, 3.63) is 83.3 Å². The van der Waals surface area contributed by atoms with Crippen LogP contribution >= 0.6 is 0 Å². The fraction of sp³-hybridized carbons (Fsp3) is 0.238. The minimum atomic E-state index is -0.750. The number of fused-ring (bicyclic) bond motifs is 3. The molecule has 0 aliphatic carbocycles. The second kappa shape index (κ2) is 6.64. The van der Waals surface area contributed by atoms with Gasteiger partial charge in [0, 0.05) is 29.2 Å². The van der Waals surface area contributed by atoms with Crippen molar-refractivity contribution in [1.29, 1.82) is 0 Å². The maximum Gasteiger partial charge on any atom is 0.124 e. The van der Waals surface area contributed by atoms with Gasteiger partial charge in [0.1, 0.15) is 11.8 Å². The van der Waals surface area contributed by atoms with E-state index in [1.165, 1.54) is 22.2 Å². The highest BCUT2D eigenvalue weighted by Gasteiger charge is 2.23. The Morgan fingerprint density at radius 2 is 1.93 bits per heavy atom. The van der Waals surface area contributed by atoms with E-state index < -0.39 is 6.10 Å². The van der Waals surface area contributed by atoms with Crippen LogP contribution in [0.1, 0.15) is 28.6 Å². The second-order valence-corrected chi connectivity index (χ2v) is 7.09. The van der Waals surface area contributed by atoms with Gasteiger partial charge in [-0.15, -0.1) is 5.10 Å². The predicted octanol–water partition coefficient (Wildman–Crippen LogP) is 2.56. The number of nitrogens with zero attached hydrogens (tertiary/aromatic N) is 3. The van der Waals surface area contributed by atoms with Gasteiger partial charge in [-0.05, 0) is 23.6 Å². The maximum absolute atomic E-state index is 10.5. The molecule has 0 fully saturated rings. The number of aromatic amines is 1. The summed E-state index contributed by atoms with van der Waals surface area (Å²) in [5.41, 5.74) is 5.25. The Kier molecular flexibility index (Phi) is 3.99. The standard InChI is InChI=1S/C21H21N5O/c27-21(14-6-2-1-3-7-14)20-13-26(25-24-20)12-15-10-17-16-8-4-5-9-18(16)23-19(17)11-22-15/h1-9,13,15,21-23,27H,10-12H2/t15-,21?/m0/s1. The third-order valence-corrected chi connectivity index (χ3v) is 5.28. The molecule has 6 nitrogen and oxygen atoms in total. The molecule has 1 unspecified atom stereocenters. The molecule has 27 heavy (non-hydrogen) atoms. The first-order valence-corrected chi connectivity index (χ1v) is 9.23. The lowest BCUT2D eigenvalue weighted by molar-refractivity contribution is 0.215.